The molecule has 0 fully saturated rings. The number of hydrogen-bond donors (Lipinski definition) is 0. The second-order valence-corrected chi connectivity index (χ2v) is 23.8. The van der Waals surface area contributed by atoms with Crippen LogP contribution in [0.15, 0.2) is 231 Å². The molecule has 0 aliphatic carbocycles. The zero-order valence-electron chi connectivity index (χ0n) is 49.5. The number of unbranched alkanes of at least 4 members (excludes halogenated alkanes) is 1. The van der Waals surface area contributed by atoms with E-state index >= 15 is 0 Å². The smallest absolute Gasteiger partial charge is 0.0451 e. The number of nitrogens with zero attached hydrogens (tertiary/aromatic N) is 2. The van der Waals surface area contributed by atoms with E-state index in [2.05, 4.69) is 324 Å². The van der Waals surface area contributed by atoms with Crippen LogP contribution in [0.25, 0.3) is 33.4 Å². The Labute approximate surface area is 479 Å². The monoisotopic (exact) mass is 1040 g/mol. The molecule has 0 saturated carbocycles. The molecule has 2 nitrogen and oxygen atoms in total. The third-order valence-electron chi connectivity index (χ3n) is 18.0. The van der Waals surface area contributed by atoms with Crippen molar-refractivity contribution in [2.24, 2.45) is 0 Å². The Bertz CT molecular complexity index is 3490. The van der Waals surface area contributed by atoms with Crippen molar-refractivity contribution in [3.8, 4) is 33.4 Å². The summed E-state index contributed by atoms with van der Waals surface area (Å²) in [5, 5.41) is 0. The molecule has 10 aromatic carbocycles. The maximum atomic E-state index is 2.43. The number of benzene rings is 10. The van der Waals surface area contributed by atoms with E-state index in [0.29, 0.717) is 0 Å². The Morgan fingerprint density at radius 3 is 0.838 bits per heavy atom. The van der Waals surface area contributed by atoms with Crippen LogP contribution in [0.1, 0.15) is 121 Å². The summed E-state index contributed by atoms with van der Waals surface area (Å²) in [4.78, 5) is 4.52. The van der Waals surface area contributed by atoms with Gasteiger partial charge in [-0.05, 0) is 184 Å². The van der Waals surface area contributed by atoms with Gasteiger partial charge in [0.1, 0.15) is 0 Å². The average molecular weight is 1050 g/mol. The van der Waals surface area contributed by atoms with Crippen molar-refractivity contribution in [3.05, 3.63) is 297 Å². The summed E-state index contributed by atoms with van der Waals surface area (Å²) < 4.78 is 0. The molecule has 0 aliphatic heterocycles. The molecule has 0 N–H and O–H groups in total. The molecule has 0 heterocycles. The predicted octanol–water partition coefficient (Wildman–Crippen LogP) is 20.9. The molecule has 0 saturated heterocycles. The Balaban J connectivity index is 0.928. The van der Waals surface area contributed by atoms with Crippen molar-refractivity contribution in [2.45, 2.75) is 105 Å². The Kier molecular flexibility index (Phi) is 15.8. The van der Waals surface area contributed by atoms with Gasteiger partial charge in [0.25, 0.3) is 0 Å². The molecular formula is C78H80N2. The first-order valence-electron chi connectivity index (χ1n) is 28.9. The van der Waals surface area contributed by atoms with Gasteiger partial charge in [-0.25, -0.2) is 0 Å². The summed E-state index contributed by atoms with van der Waals surface area (Å²) in [6, 6.07) is 87.4. The van der Waals surface area contributed by atoms with Crippen molar-refractivity contribution >= 4 is 22.7 Å². The summed E-state index contributed by atoms with van der Waals surface area (Å²) >= 11 is 0. The fourth-order valence-corrected chi connectivity index (χ4v) is 11.8. The lowest BCUT2D eigenvalue weighted by atomic mass is 9.65. The third kappa shape index (κ3) is 11.1. The molecule has 10 rings (SSSR count). The van der Waals surface area contributed by atoms with Crippen LogP contribution in [-0.2, 0) is 16.2 Å². The largest absolute Gasteiger partial charge is 0.345 e. The first-order chi connectivity index (χ1) is 38.5. The van der Waals surface area contributed by atoms with Gasteiger partial charge in [-0.2, -0.15) is 0 Å². The van der Waals surface area contributed by atoms with E-state index in [-0.39, 0.29) is 16.2 Å². The van der Waals surface area contributed by atoms with Crippen molar-refractivity contribution in [1.29, 1.82) is 0 Å². The molecule has 2 heteroatoms. The maximum absolute atomic E-state index is 2.43. The lowest BCUT2D eigenvalue weighted by molar-refractivity contribution is 0.526. The summed E-state index contributed by atoms with van der Waals surface area (Å²) in [6.07, 6.45) is 3.19. The molecule has 0 amide bonds. The van der Waals surface area contributed by atoms with Crippen molar-refractivity contribution in [1.82, 2.24) is 0 Å². The molecule has 0 aromatic heterocycles. The topological polar surface area (TPSA) is 6.48 Å². The predicted molar refractivity (Wildman–Crippen MR) is 345 cm³/mol. The number of hydrogen-bond acceptors (Lipinski definition) is 2. The highest BCUT2D eigenvalue weighted by Gasteiger charge is 2.37. The van der Waals surface area contributed by atoms with Gasteiger partial charge in [-0.1, -0.05) is 235 Å². The highest BCUT2D eigenvalue weighted by molar-refractivity contribution is 5.73. The Morgan fingerprint density at radius 2 is 0.537 bits per heavy atom. The Hall–Kier alpha value is -8.20. The van der Waals surface area contributed by atoms with Crippen molar-refractivity contribution < 1.29 is 0 Å². The minimum Gasteiger partial charge on any atom is -0.345 e. The summed E-state index contributed by atoms with van der Waals surface area (Å²) in [7, 11) is 4.29. The van der Waals surface area contributed by atoms with Crippen LogP contribution in [0.5, 0.6) is 0 Å². The molecule has 10 aromatic rings. The summed E-state index contributed by atoms with van der Waals surface area (Å²) in [5.74, 6) is 0. The van der Waals surface area contributed by atoms with Gasteiger partial charge in [0, 0.05) is 53.1 Å². The van der Waals surface area contributed by atoms with E-state index in [1.54, 1.807) is 0 Å². The van der Waals surface area contributed by atoms with E-state index < -0.39 is 0 Å². The highest BCUT2D eigenvalue weighted by atomic mass is 15.1. The number of anilines is 4. The molecule has 0 spiro atoms. The van der Waals surface area contributed by atoms with Crippen LogP contribution in [0.2, 0.25) is 0 Å². The van der Waals surface area contributed by atoms with E-state index in [1.165, 1.54) is 123 Å². The quantitative estimate of drug-likeness (QED) is 0.0839. The van der Waals surface area contributed by atoms with Crippen LogP contribution in [-0.4, -0.2) is 14.1 Å². The van der Waals surface area contributed by atoms with E-state index in [1.807, 2.05) is 0 Å². The van der Waals surface area contributed by atoms with Crippen LogP contribution in [0.4, 0.5) is 22.7 Å². The lowest BCUT2D eigenvalue weighted by Gasteiger charge is -2.38. The molecule has 0 atom stereocenters. The fourth-order valence-electron chi connectivity index (χ4n) is 11.8. The third-order valence-corrected chi connectivity index (χ3v) is 18.0. The van der Waals surface area contributed by atoms with Gasteiger partial charge in [0.2, 0.25) is 0 Å². The van der Waals surface area contributed by atoms with Gasteiger partial charge in [-0.15, -0.1) is 0 Å². The van der Waals surface area contributed by atoms with Crippen LogP contribution >= 0.6 is 0 Å². The molecule has 0 aliphatic rings. The standard InChI is InChI=1S/C78H80N2/c1-13-14-51-78(69-35-25-62(26-36-69)59-19-15-54(2)16-20-59,70-41-37-67(38-42-70)76(7,8)65-31-21-60(22-32-65)63-27-47-72(48-28-63)79(11)74-45-17-55(3)57(5)52-74)71-43-39-68(40-44-71)77(9,10)66-33-23-61(24-34-66)64-29-49-73(50-30-64)80(12)75-46-18-56(4)58(6)53-75/h15-50,52-53H,13-14,51H2,1-12H3. The van der Waals surface area contributed by atoms with Gasteiger partial charge >= 0.3 is 0 Å². The summed E-state index contributed by atoms with van der Waals surface area (Å²) in [5.41, 5.74) is 26.9. The summed E-state index contributed by atoms with van der Waals surface area (Å²) in [6.45, 7) is 22.6. The Morgan fingerprint density at radius 1 is 0.287 bits per heavy atom. The molecular weight excluding hydrogens is 965 g/mol. The SMILES string of the molecule is CCCCC(c1ccc(-c2ccc(C)cc2)cc1)(c1ccc(C(C)(C)c2ccc(-c3ccc(N(C)c4ccc(C)c(C)c4)cc3)cc2)cc1)c1ccc(C(C)(C)c2ccc(-c3ccc(N(C)c4ccc(C)c(C)c4)cc3)cc2)cc1. The average Bonchev–Trinajstić information content (AvgIpc) is 3.54. The van der Waals surface area contributed by atoms with Crippen molar-refractivity contribution in [3.63, 3.8) is 0 Å². The van der Waals surface area contributed by atoms with E-state index in [0.717, 1.165) is 19.3 Å². The van der Waals surface area contributed by atoms with E-state index in [9.17, 15) is 0 Å². The maximum Gasteiger partial charge on any atom is 0.0451 e. The second-order valence-electron chi connectivity index (χ2n) is 23.8. The first kappa shape index (κ1) is 55.1. The highest BCUT2D eigenvalue weighted by Crippen LogP contribution is 2.46. The molecule has 402 valence electrons. The van der Waals surface area contributed by atoms with Crippen LogP contribution in [0, 0.1) is 34.6 Å². The minimum atomic E-state index is -0.372. The van der Waals surface area contributed by atoms with Gasteiger partial charge in [0.15, 0.2) is 0 Å². The minimum absolute atomic E-state index is 0.216. The second kappa shape index (κ2) is 22.9. The van der Waals surface area contributed by atoms with E-state index in [4.69, 9.17) is 0 Å². The molecule has 0 unspecified atom stereocenters. The number of aryl methyl sites for hydroxylation is 5. The van der Waals surface area contributed by atoms with Crippen LogP contribution < -0.4 is 9.80 Å². The molecule has 0 radical (unpaired) electrons. The normalized spacial score (nSPS) is 11.9. The molecule has 0 bridgehead atoms. The van der Waals surface area contributed by atoms with Gasteiger partial charge in [-0.3, -0.25) is 0 Å². The fraction of sp³-hybridized carbons (Fsp3) is 0.231. The number of rotatable bonds is 17. The van der Waals surface area contributed by atoms with Crippen molar-refractivity contribution in [2.75, 3.05) is 23.9 Å². The lowest BCUT2D eigenvalue weighted by Crippen LogP contribution is -2.30. The van der Waals surface area contributed by atoms with Gasteiger partial charge < -0.3 is 9.80 Å². The zero-order chi connectivity index (χ0) is 56.3. The van der Waals surface area contributed by atoms with Crippen LogP contribution in [0.3, 0.4) is 0 Å². The zero-order valence-corrected chi connectivity index (χ0v) is 49.5. The molecule has 80 heavy (non-hydrogen) atoms. The van der Waals surface area contributed by atoms with Gasteiger partial charge in [0.05, 0.1) is 0 Å². The first-order valence-corrected chi connectivity index (χ1v) is 28.9.